The Hall–Kier alpha value is -2.84. The summed E-state index contributed by atoms with van der Waals surface area (Å²) in [6, 6.07) is 10.2. The number of aliphatic hydroxyl groups excluding tert-OH is 1. The number of ether oxygens (including phenoxy) is 1. The lowest BCUT2D eigenvalue weighted by molar-refractivity contribution is 0.102. The van der Waals surface area contributed by atoms with E-state index in [2.05, 4.69) is 22.1 Å². The number of pyridine rings is 1. The van der Waals surface area contributed by atoms with Gasteiger partial charge in [0, 0.05) is 11.8 Å². The molecule has 5 nitrogen and oxygen atoms in total. The number of carbonyl (C=O) groups is 1. The van der Waals surface area contributed by atoms with Gasteiger partial charge in [-0.15, -0.1) is 0 Å². The van der Waals surface area contributed by atoms with Crippen molar-refractivity contribution in [3.8, 4) is 17.6 Å². The molecule has 0 spiro atoms. The Kier molecular flexibility index (Phi) is 4.91. The number of aromatic nitrogens is 1. The molecule has 0 radical (unpaired) electrons. The van der Waals surface area contributed by atoms with Crippen LogP contribution in [0.25, 0.3) is 0 Å². The zero-order valence-corrected chi connectivity index (χ0v) is 11.5. The van der Waals surface area contributed by atoms with Gasteiger partial charge in [-0.3, -0.25) is 9.78 Å². The molecule has 0 aliphatic heterocycles. The number of anilines is 1. The van der Waals surface area contributed by atoms with E-state index in [1.807, 2.05) is 0 Å². The molecule has 1 heterocycles. The van der Waals surface area contributed by atoms with Gasteiger partial charge in [0.15, 0.2) is 0 Å². The molecule has 2 rings (SSSR count). The van der Waals surface area contributed by atoms with E-state index in [4.69, 9.17) is 9.84 Å². The van der Waals surface area contributed by atoms with E-state index < -0.39 is 0 Å². The van der Waals surface area contributed by atoms with Crippen LogP contribution in [0.3, 0.4) is 0 Å². The third kappa shape index (κ3) is 3.81. The lowest BCUT2D eigenvalue weighted by atomic mass is 10.2. The van der Waals surface area contributed by atoms with Crippen LogP contribution in [0.2, 0.25) is 0 Å². The molecule has 5 heteroatoms. The molecule has 0 unspecified atom stereocenters. The number of benzene rings is 1. The molecule has 1 aromatic heterocycles. The number of carbonyl (C=O) groups excluding carboxylic acids is 1. The number of aliphatic hydroxyl groups is 1. The molecule has 1 amide bonds. The van der Waals surface area contributed by atoms with E-state index in [0.717, 1.165) is 0 Å². The molecule has 1 aromatic carbocycles. The number of hydrogen-bond donors (Lipinski definition) is 2. The van der Waals surface area contributed by atoms with E-state index in [1.54, 1.807) is 42.6 Å². The van der Waals surface area contributed by atoms with Gasteiger partial charge in [0.25, 0.3) is 5.91 Å². The number of nitrogens with one attached hydrogen (secondary N) is 1. The first-order chi connectivity index (χ1) is 10.2. The zero-order chi connectivity index (χ0) is 15.1. The summed E-state index contributed by atoms with van der Waals surface area (Å²) < 4.78 is 5.21. The van der Waals surface area contributed by atoms with Gasteiger partial charge in [-0.2, -0.15) is 0 Å². The summed E-state index contributed by atoms with van der Waals surface area (Å²) in [5, 5.41) is 11.5. The van der Waals surface area contributed by atoms with E-state index in [-0.39, 0.29) is 12.5 Å². The van der Waals surface area contributed by atoms with Gasteiger partial charge in [-0.05, 0) is 30.3 Å². The summed E-state index contributed by atoms with van der Waals surface area (Å²) in [5.41, 5.74) is 1.48. The topological polar surface area (TPSA) is 71.5 Å². The summed E-state index contributed by atoms with van der Waals surface area (Å²) in [4.78, 5) is 16.1. The maximum atomic E-state index is 12.1. The average Bonchev–Trinajstić information content (AvgIpc) is 2.54. The highest BCUT2D eigenvalue weighted by atomic mass is 16.5. The van der Waals surface area contributed by atoms with Gasteiger partial charge >= 0.3 is 0 Å². The first-order valence-electron chi connectivity index (χ1n) is 6.24. The normalized spacial score (nSPS) is 9.43. The molecule has 0 saturated carbocycles. The molecule has 0 aliphatic carbocycles. The van der Waals surface area contributed by atoms with Crippen molar-refractivity contribution in [2.24, 2.45) is 0 Å². The van der Waals surface area contributed by atoms with Crippen LogP contribution in [0.5, 0.6) is 5.75 Å². The average molecular weight is 282 g/mol. The molecular formula is C16H14N2O3. The maximum Gasteiger partial charge on any atom is 0.274 e. The van der Waals surface area contributed by atoms with Crippen molar-refractivity contribution in [3.05, 3.63) is 53.9 Å². The number of methoxy groups -OCH3 is 1. The number of hydrogen-bond acceptors (Lipinski definition) is 4. The van der Waals surface area contributed by atoms with Crippen LogP contribution in [0.15, 0.2) is 42.6 Å². The monoisotopic (exact) mass is 282 g/mol. The summed E-state index contributed by atoms with van der Waals surface area (Å²) >= 11 is 0. The SMILES string of the molecule is COc1ccc(C#CCO)cc1NC(=O)c1ccccn1. The van der Waals surface area contributed by atoms with Crippen molar-refractivity contribution in [3.63, 3.8) is 0 Å². The lowest BCUT2D eigenvalue weighted by Crippen LogP contribution is -2.14. The Morgan fingerprint density at radius 1 is 1.38 bits per heavy atom. The summed E-state index contributed by atoms with van der Waals surface area (Å²) in [6.07, 6.45) is 1.55. The minimum Gasteiger partial charge on any atom is -0.495 e. The summed E-state index contributed by atoms with van der Waals surface area (Å²) in [7, 11) is 1.52. The second-order valence-electron chi connectivity index (χ2n) is 4.04. The molecule has 106 valence electrons. The van der Waals surface area contributed by atoms with Crippen molar-refractivity contribution >= 4 is 11.6 Å². The van der Waals surface area contributed by atoms with Gasteiger partial charge in [0.05, 0.1) is 12.8 Å². The van der Waals surface area contributed by atoms with Crippen LogP contribution in [0.1, 0.15) is 16.1 Å². The molecule has 0 saturated heterocycles. The van der Waals surface area contributed by atoms with Crippen LogP contribution >= 0.6 is 0 Å². The van der Waals surface area contributed by atoms with Crippen molar-refractivity contribution in [2.45, 2.75) is 0 Å². The third-order valence-electron chi connectivity index (χ3n) is 2.66. The highest BCUT2D eigenvalue weighted by molar-refractivity contribution is 6.03. The van der Waals surface area contributed by atoms with Crippen molar-refractivity contribution < 1.29 is 14.6 Å². The fraction of sp³-hybridized carbons (Fsp3) is 0.125. The Bertz CT molecular complexity index is 688. The quantitative estimate of drug-likeness (QED) is 0.840. The fourth-order valence-corrected chi connectivity index (χ4v) is 1.71. The van der Waals surface area contributed by atoms with E-state index in [1.165, 1.54) is 7.11 Å². The lowest BCUT2D eigenvalue weighted by Gasteiger charge is -2.10. The largest absolute Gasteiger partial charge is 0.495 e. The Balaban J connectivity index is 2.27. The Labute approximate surface area is 122 Å². The van der Waals surface area contributed by atoms with E-state index in [9.17, 15) is 4.79 Å². The van der Waals surface area contributed by atoms with Crippen molar-refractivity contribution in [2.75, 3.05) is 19.0 Å². The van der Waals surface area contributed by atoms with Gasteiger partial charge in [0.1, 0.15) is 18.1 Å². The highest BCUT2D eigenvalue weighted by Gasteiger charge is 2.10. The predicted molar refractivity (Wildman–Crippen MR) is 79.1 cm³/mol. The Morgan fingerprint density at radius 2 is 2.24 bits per heavy atom. The first-order valence-corrected chi connectivity index (χ1v) is 6.24. The molecule has 0 atom stereocenters. The maximum absolute atomic E-state index is 12.1. The summed E-state index contributed by atoms with van der Waals surface area (Å²) in [5.74, 6) is 5.52. The Morgan fingerprint density at radius 3 is 2.90 bits per heavy atom. The standard InChI is InChI=1S/C16H14N2O3/c1-21-15-8-7-12(5-4-10-19)11-14(15)18-16(20)13-6-2-3-9-17-13/h2-3,6-9,11,19H,10H2,1H3,(H,18,20). The minimum absolute atomic E-state index is 0.221. The van der Waals surface area contributed by atoms with Crippen LogP contribution in [-0.4, -0.2) is 29.7 Å². The van der Waals surface area contributed by atoms with Crippen LogP contribution < -0.4 is 10.1 Å². The van der Waals surface area contributed by atoms with Crippen LogP contribution in [-0.2, 0) is 0 Å². The fourth-order valence-electron chi connectivity index (χ4n) is 1.71. The second kappa shape index (κ2) is 7.08. The van der Waals surface area contributed by atoms with Crippen molar-refractivity contribution in [1.82, 2.24) is 4.98 Å². The van der Waals surface area contributed by atoms with Crippen molar-refractivity contribution in [1.29, 1.82) is 0 Å². The molecule has 2 aromatic rings. The predicted octanol–water partition coefficient (Wildman–Crippen LogP) is 1.69. The van der Waals surface area contributed by atoms with E-state index in [0.29, 0.717) is 22.7 Å². The molecule has 0 aliphatic rings. The van der Waals surface area contributed by atoms with Gasteiger partial charge in [-0.25, -0.2) is 0 Å². The number of rotatable bonds is 3. The van der Waals surface area contributed by atoms with E-state index >= 15 is 0 Å². The van der Waals surface area contributed by atoms with Gasteiger partial charge in [-0.1, -0.05) is 17.9 Å². The highest BCUT2D eigenvalue weighted by Crippen LogP contribution is 2.25. The number of nitrogens with zero attached hydrogens (tertiary/aromatic N) is 1. The molecular weight excluding hydrogens is 268 g/mol. The zero-order valence-electron chi connectivity index (χ0n) is 11.5. The first kappa shape index (κ1) is 14.6. The second-order valence-corrected chi connectivity index (χ2v) is 4.04. The molecule has 21 heavy (non-hydrogen) atoms. The van der Waals surface area contributed by atoms with Crippen LogP contribution in [0.4, 0.5) is 5.69 Å². The molecule has 2 N–H and O–H groups in total. The summed E-state index contributed by atoms with van der Waals surface area (Å²) in [6.45, 7) is -0.221. The minimum atomic E-state index is -0.332. The van der Waals surface area contributed by atoms with Gasteiger partial charge in [0.2, 0.25) is 0 Å². The third-order valence-corrected chi connectivity index (χ3v) is 2.66. The molecule has 0 bridgehead atoms. The van der Waals surface area contributed by atoms with Gasteiger partial charge < -0.3 is 15.2 Å². The smallest absolute Gasteiger partial charge is 0.274 e. The van der Waals surface area contributed by atoms with Crippen LogP contribution in [0, 0.1) is 11.8 Å². The molecule has 0 fully saturated rings. The number of amides is 1.